The van der Waals surface area contributed by atoms with E-state index in [4.69, 9.17) is 13.8 Å². The van der Waals surface area contributed by atoms with Crippen LogP contribution in [0.3, 0.4) is 0 Å². The molecular formula is C22H48N2O6P+. The zero-order chi connectivity index (χ0) is 23.6. The Morgan fingerprint density at radius 1 is 0.935 bits per heavy atom. The van der Waals surface area contributed by atoms with Crippen LogP contribution in [0, 0.1) is 5.92 Å². The molecule has 0 aliphatic rings. The Morgan fingerprint density at radius 2 is 1.48 bits per heavy atom. The molecule has 2 unspecified atom stereocenters. The van der Waals surface area contributed by atoms with Crippen molar-refractivity contribution in [2.24, 2.45) is 5.92 Å². The number of rotatable bonds is 20. The average molecular weight is 468 g/mol. The maximum Gasteiger partial charge on any atom is 0.472 e. The Hall–Kier alpha value is -0.660. The number of nitrogens with one attached hydrogen (secondary N) is 1. The molecule has 1 amide bonds. The molecule has 0 aromatic rings. The van der Waals surface area contributed by atoms with Gasteiger partial charge in [-0.25, -0.2) is 9.36 Å². The highest BCUT2D eigenvalue weighted by Gasteiger charge is 2.25. The predicted octanol–water partition coefficient (Wildman–Crippen LogP) is 5.11. The molecule has 0 spiro atoms. The first kappa shape index (κ1) is 30.3. The van der Waals surface area contributed by atoms with E-state index in [0.717, 1.165) is 19.3 Å². The van der Waals surface area contributed by atoms with E-state index < -0.39 is 13.9 Å². The van der Waals surface area contributed by atoms with E-state index in [0.29, 0.717) is 11.0 Å². The lowest BCUT2D eigenvalue weighted by Gasteiger charge is -2.24. The first-order valence-corrected chi connectivity index (χ1v) is 13.4. The van der Waals surface area contributed by atoms with Crippen LogP contribution >= 0.6 is 7.82 Å². The smallest absolute Gasteiger partial charge is 0.449 e. The second-order valence-electron chi connectivity index (χ2n) is 9.30. The van der Waals surface area contributed by atoms with Crippen LogP contribution in [0.1, 0.15) is 77.6 Å². The minimum atomic E-state index is -4.12. The van der Waals surface area contributed by atoms with Gasteiger partial charge < -0.3 is 19.4 Å². The third-order valence-corrected chi connectivity index (χ3v) is 6.09. The number of phosphoric ester groups is 1. The third-order valence-electron chi connectivity index (χ3n) is 5.11. The SMILES string of the molecule is CCCCCCCCCCCCC(COC(=O)NC)COP(=O)(O)OCC[N+](C)(C)C. The topological polar surface area (TPSA) is 94.1 Å². The van der Waals surface area contributed by atoms with Crippen molar-refractivity contribution in [2.75, 3.05) is 54.6 Å². The third kappa shape index (κ3) is 21.0. The van der Waals surface area contributed by atoms with Crippen LogP contribution in [0.5, 0.6) is 0 Å². The number of hydrogen-bond acceptors (Lipinski definition) is 5. The van der Waals surface area contributed by atoms with Crippen molar-refractivity contribution >= 4 is 13.9 Å². The van der Waals surface area contributed by atoms with Gasteiger partial charge in [0.2, 0.25) is 0 Å². The molecule has 0 aliphatic carbocycles. The highest BCUT2D eigenvalue weighted by Crippen LogP contribution is 2.43. The highest BCUT2D eigenvalue weighted by molar-refractivity contribution is 7.47. The molecule has 2 atom stereocenters. The molecule has 0 fully saturated rings. The van der Waals surface area contributed by atoms with Gasteiger partial charge in [-0.15, -0.1) is 0 Å². The Labute approximate surface area is 190 Å². The number of quaternary nitrogens is 1. The van der Waals surface area contributed by atoms with Crippen molar-refractivity contribution in [3.8, 4) is 0 Å². The molecule has 0 saturated heterocycles. The molecule has 0 aromatic heterocycles. The van der Waals surface area contributed by atoms with Gasteiger partial charge in [-0.05, 0) is 6.42 Å². The van der Waals surface area contributed by atoms with E-state index in [1.54, 1.807) is 0 Å². The van der Waals surface area contributed by atoms with Gasteiger partial charge >= 0.3 is 13.9 Å². The minimum absolute atomic E-state index is 0.0204. The average Bonchev–Trinajstić information content (AvgIpc) is 2.69. The van der Waals surface area contributed by atoms with Gasteiger partial charge in [-0.1, -0.05) is 71.1 Å². The number of nitrogens with zero attached hydrogens (tertiary/aromatic N) is 1. The van der Waals surface area contributed by atoms with Crippen molar-refractivity contribution in [1.29, 1.82) is 0 Å². The maximum absolute atomic E-state index is 12.1. The van der Waals surface area contributed by atoms with Crippen molar-refractivity contribution in [1.82, 2.24) is 5.32 Å². The zero-order valence-corrected chi connectivity index (χ0v) is 21.5. The van der Waals surface area contributed by atoms with Gasteiger partial charge in [0, 0.05) is 13.0 Å². The first-order valence-electron chi connectivity index (χ1n) is 11.9. The van der Waals surface area contributed by atoms with Crippen molar-refractivity contribution < 1.29 is 32.5 Å². The Balaban J connectivity index is 4.19. The van der Waals surface area contributed by atoms with Crippen LogP contribution in [-0.4, -0.2) is 70.0 Å². The molecule has 0 radical (unpaired) electrons. The quantitative estimate of drug-likeness (QED) is 0.147. The van der Waals surface area contributed by atoms with Gasteiger partial charge in [0.15, 0.2) is 0 Å². The predicted molar refractivity (Wildman–Crippen MR) is 125 cm³/mol. The Morgan fingerprint density at radius 3 is 2.00 bits per heavy atom. The molecule has 0 aliphatic heterocycles. The van der Waals surface area contributed by atoms with Crippen LogP contribution in [0.2, 0.25) is 0 Å². The highest BCUT2D eigenvalue weighted by atomic mass is 31.2. The standard InChI is InChI=1S/C22H47N2O6P/c1-6-7-8-9-10-11-12-13-14-15-16-21(19-28-22(25)23-2)20-30-31(26,27)29-18-17-24(3,4)5/h21H,6-20H2,1-5H3,(H-,23,25,26,27)/p+1. The number of carbonyl (C=O) groups excluding carboxylic acids is 1. The summed E-state index contributed by atoms with van der Waals surface area (Å²) in [6.45, 7) is 3.13. The van der Waals surface area contributed by atoms with Crippen molar-refractivity contribution in [3.63, 3.8) is 0 Å². The van der Waals surface area contributed by atoms with E-state index in [-0.39, 0.29) is 25.7 Å². The first-order chi connectivity index (χ1) is 14.6. The number of ether oxygens (including phenoxy) is 1. The van der Waals surface area contributed by atoms with E-state index >= 15 is 0 Å². The van der Waals surface area contributed by atoms with Gasteiger partial charge in [0.25, 0.3) is 0 Å². The summed E-state index contributed by atoms with van der Waals surface area (Å²) in [6.07, 6.45) is 12.7. The number of hydrogen-bond donors (Lipinski definition) is 2. The summed E-state index contributed by atoms with van der Waals surface area (Å²) in [6, 6.07) is 0. The van der Waals surface area contributed by atoms with Crippen LogP contribution < -0.4 is 5.32 Å². The van der Waals surface area contributed by atoms with Crippen LogP contribution in [0.15, 0.2) is 0 Å². The van der Waals surface area contributed by atoms with E-state index in [1.807, 2.05) is 21.1 Å². The minimum Gasteiger partial charge on any atom is -0.449 e. The number of unbranched alkanes of at least 4 members (excludes halogenated alkanes) is 9. The monoisotopic (exact) mass is 467 g/mol. The molecule has 9 heteroatoms. The summed E-state index contributed by atoms with van der Waals surface area (Å²) in [7, 11) is 3.31. The number of phosphoric acid groups is 1. The summed E-state index contributed by atoms with van der Waals surface area (Å²) >= 11 is 0. The van der Waals surface area contributed by atoms with E-state index in [1.165, 1.54) is 58.4 Å². The van der Waals surface area contributed by atoms with Gasteiger partial charge in [0.1, 0.15) is 13.2 Å². The van der Waals surface area contributed by atoms with E-state index in [9.17, 15) is 14.3 Å². The summed E-state index contributed by atoms with van der Waals surface area (Å²) in [4.78, 5) is 21.3. The van der Waals surface area contributed by atoms with E-state index in [2.05, 4.69) is 12.2 Å². The normalized spacial score (nSPS) is 14.8. The summed E-state index contributed by atoms with van der Waals surface area (Å²) in [5.74, 6) is -0.145. The lowest BCUT2D eigenvalue weighted by atomic mass is 10.0. The van der Waals surface area contributed by atoms with Crippen LogP contribution in [0.4, 0.5) is 4.79 Å². The van der Waals surface area contributed by atoms with Gasteiger partial charge in [0.05, 0.1) is 34.4 Å². The molecule has 31 heavy (non-hydrogen) atoms. The Bertz CT molecular complexity index is 499. The van der Waals surface area contributed by atoms with Gasteiger partial charge in [-0.3, -0.25) is 9.05 Å². The molecule has 0 heterocycles. The van der Waals surface area contributed by atoms with Crippen LogP contribution in [-0.2, 0) is 18.3 Å². The number of carbonyl (C=O) groups is 1. The number of alkyl carbamates (subject to hydrolysis) is 1. The molecule has 0 saturated carbocycles. The molecule has 0 bridgehead atoms. The molecule has 186 valence electrons. The molecule has 0 rings (SSSR count). The lowest BCUT2D eigenvalue weighted by Crippen LogP contribution is -2.37. The zero-order valence-electron chi connectivity index (χ0n) is 20.6. The fourth-order valence-electron chi connectivity index (χ4n) is 3.07. The lowest BCUT2D eigenvalue weighted by molar-refractivity contribution is -0.870. The molecule has 2 N–H and O–H groups in total. The fraction of sp³-hybridized carbons (Fsp3) is 0.955. The summed E-state index contributed by atoms with van der Waals surface area (Å²) in [5.41, 5.74) is 0. The van der Waals surface area contributed by atoms with Crippen molar-refractivity contribution in [2.45, 2.75) is 77.6 Å². The second-order valence-corrected chi connectivity index (χ2v) is 10.8. The largest absolute Gasteiger partial charge is 0.472 e. The van der Waals surface area contributed by atoms with Crippen LogP contribution in [0.25, 0.3) is 0 Å². The summed E-state index contributed by atoms with van der Waals surface area (Å²) in [5, 5.41) is 2.41. The Kier molecular flexibility index (Phi) is 17.5. The number of amides is 1. The molecular weight excluding hydrogens is 419 g/mol. The summed E-state index contributed by atoms with van der Waals surface area (Å²) < 4.78 is 28.1. The fourth-order valence-corrected chi connectivity index (χ4v) is 3.85. The second kappa shape index (κ2) is 17.8. The number of likely N-dealkylation sites (N-methyl/N-ethyl adjacent to an activating group) is 1. The van der Waals surface area contributed by atoms with Gasteiger partial charge in [-0.2, -0.15) is 0 Å². The molecule has 0 aromatic carbocycles. The maximum atomic E-state index is 12.1. The van der Waals surface area contributed by atoms with Crippen molar-refractivity contribution in [3.05, 3.63) is 0 Å². The molecule has 8 nitrogen and oxygen atoms in total.